The molecule has 0 saturated carbocycles. The largest absolute Gasteiger partial charge is 0.352 e. The summed E-state index contributed by atoms with van der Waals surface area (Å²) in [5, 5.41) is 3.98. The molecule has 0 aliphatic carbocycles. The van der Waals surface area contributed by atoms with Gasteiger partial charge in [0, 0.05) is 29.1 Å². The smallest absolute Gasteiger partial charge is 0.251 e. The third-order valence-electron chi connectivity index (χ3n) is 4.71. The summed E-state index contributed by atoms with van der Waals surface area (Å²) >= 11 is 0. The van der Waals surface area contributed by atoms with E-state index in [1.54, 1.807) is 0 Å². The zero-order valence-electron chi connectivity index (χ0n) is 16.5. The van der Waals surface area contributed by atoms with Gasteiger partial charge in [0.25, 0.3) is 5.91 Å². The van der Waals surface area contributed by atoms with E-state index >= 15 is 0 Å². The summed E-state index contributed by atoms with van der Waals surface area (Å²) in [4.78, 5) is 29.3. The molecule has 2 aromatic rings. The van der Waals surface area contributed by atoms with Gasteiger partial charge < -0.3 is 20.9 Å². The fourth-order valence-corrected chi connectivity index (χ4v) is 3.27. The highest BCUT2D eigenvalue weighted by molar-refractivity contribution is 6.00. The fourth-order valence-electron chi connectivity index (χ4n) is 3.27. The van der Waals surface area contributed by atoms with Crippen molar-refractivity contribution in [3.05, 3.63) is 45.7 Å². The molecule has 0 spiro atoms. The molecule has 1 heterocycles. The minimum atomic E-state index is -0.128. The van der Waals surface area contributed by atoms with E-state index in [0.717, 1.165) is 68.1 Å². The molecular weight excluding hydrogens is 340 g/mol. The Hall–Kier alpha value is -2.18. The molecule has 0 radical (unpaired) electrons. The number of H-pyrrole nitrogens is 1. The van der Waals surface area contributed by atoms with E-state index in [-0.39, 0.29) is 11.5 Å². The molecule has 4 N–H and O–H groups in total. The van der Waals surface area contributed by atoms with E-state index in [0.29, 0.717) is 12.1 Å². The molecule has 0 aliphatic heterocycles. The van der Waals surface area contributed by atoms with Crippen LogP contribution in [0.4, 0.5) is 0 Å². The predicted octanol–water partition coefficient (Wildman–Crippen LogP) is 2.27. The molecular formula is C21H32N4O2. The van der Waals surface area contributed by atoms with Gasteiger partial charge in [0.1, 0.15) is 0 Å². The van der Waals surface area contributed by atoms with Crippen molar-refractivity contribution in [3.63, 3.8) is 0 Å². The van der Waals surface area contributed by atoms with Crippen molar-refractivity contribution in [1.82, 2.24) is 15.2 Å². The molecule has 1 amide bonds. The number of amides is 1. The zero-order valence-corrected chi connectivity index (χ0v) is 16.5. The first-order valence-corrected chi connectivity index (χ1v) is 9.81. The van der Waals surface area contributed by atoms with Crippen LogP contribution in [0.25, 0.3) is 10.9 Å². The molecule has 6 heteroatoms. The van der Waals surface area contributed by atoms with Crippen molar-refractivity contribution >= 4 is 16.8 Å². The number of nitrogens with one attached hydrogen (secondary N) is 2. The van der Waals surface area contributed by atoms with E-state index in [1.807, 2.05) is 32.3 Å². The number of hydrogen-bond donors (Lipinski definition) is 3. The average Bonchev–Trinajstić information content (AvgIpc) is 2.64. The molecule has 0 bridgehead atoms. The zero-order chi connectivity index (χ0) is 19.6. The van der Waals surface area contributed by atoms with Crippen LogP contribution in [0.2, 0.25) is 0 Å². The lowest BCUT2D eigenvalue weighted by molar-refractivity contribution is 0.0951. The number of pyridine rings is 1. The molecule has 0 fully saturated rings. The van der Waals surface area contributed by atoms with Crippen LogP contribution in [0.15, 0.2) is 29.1 Å². The molecule has 1 aromatic carbocycles. The number of carbonyl (C=O) groups excluding carboxylic acids is 1. The number of fused-ring (bicyclic) bond motifs is 1. The number of rotatable bonds is 11. The van der Waals surface area contributed by atoms with Gasteiger partial charge in [0.05, 0.1) is 0 Å². The lowest BCUT2D eigenvalue weighted by Crippen LogP contribution is -2.28. The Kier molecular flexibility index (Phi) is 8.48. The van der Waals surface area contributed by atoms with Crippen LogP contribution in [-0.4, -0.2) is 49.5 Å². The van der Waals surface area contributed by atoms with Crippen molar-refractivity contribution in [3.8, 4) is 0 Å². The van der Waals surface area contributed by atoms with Crippen LogP contribution < -0.4 is 16.6 Å². The Morgan fingerprint density at radius 1 is 1.07 bits per heavy atom. The number of unbranched alkanes of at least 4 members (excludes halogenated alkanes) is 3. The van der Waals surface area contributed by atoms with Crippen LogP contribution in [0, 0.1) is 0 Å². The standard InChI is InChI=1S/C21H32N4O2/c1-25(2)15-7-14-23-21(27)18-9-11-19-17(10-12-20(26)24-19)16(18)8-5-3-4-6-13-22/h9-12H,3-8,13-15,22H2,1-2H3,(H,23,27)(H,24,26). The second-order valence-corrected chi connectivity index (χ2v) is 7.24. The Balaban J connectivity index is 2.17. The van der Waals surface area contributed by atoms with Gasteiger partial charge in [-0.25, -0.2) is 0 Å². The second kappa shape index (κ2) is 10.8. The number of hydrogen-bond acceptors (Lipinski definition) is 4. The van der Waals surface area contributed by atoms with Gasteiger partial charge in [-0.3, -0.25) is 9.59 Å². The van der Waals surface area contributed by atoms with Crippen LogP contribution in [0.5, 0.6) is 0 Å². The topological polar surface area (TPSA) is 91.2 Å². The Labute approximate surface area is 161 Å². The van der Waals surface area contributed by atoms with Crippen molar-refractivity contribution in [2.45, 2.75) is 38.5 Å². The molecule has 0 atom stereocenters. The monoisotopic (exact) mass is 372 g/mol. The minimum absolute atomic E-state index is 0.0428. The van der Waals surface area contributed by atoms with Crippen molar-refractivity contribution in [1.29, 1.82) is 0 Å². The van der Waals surface area contributed by atoms with Crippen molar-refractivity contribution in [2.75, 3.05) is 33.7 Å². The van der Waals surface area contributed by atoms with Crippen LogP contribution in [0.3, 0.4) is 0 Å². The molecule has 1 aromatic heterocycles. The minimum Gasteiger partial charge on any atom is -0.352 e. The van der Waals surface area contributed by atoms with Crippen LogP contribution in [-0.2, 0) is 6.42 Å². The Morgan fingerprint density at radius 3 is 2.59 bits per heavy atom. The SMILES string of the molecule is CN(C)CCCNC(=O)c1ccc2[nH]c(=O)ccc2c1CCCCCCN. The summed E-state index contributed by atoms with van der Waals surface area (Å²) in [6, 6.07) is 7.00. The Bertz CT molecular complexity index is 798. The van der Waals surface area contributed by atoms with Gasteiger partial charge in [0.15, 0.2) is 0 Å². The van der Waals surface area contributed by atoms with Gasteiger partial charge in [-0.15, -0.1) is 0 Å². The maximum absolute atomic E-state index is 12.7. The summed E-state index contributed by atoms with van der Waals surface area (Å²) in [5.41, 5.74) is 7.94. The number of nitrogens with two attached hydrogens (primary N) is 1. The highest BCUT2D eigenvalue weighted by Gasteiger charge is 2.14. The summed E-state index contributed by atoms with van der Waals surface area (Å²) in [5.74, 6) is -0.0428. The van der Waals surface area contributed by atoms with E-state index in [2.05, 4.69) is 15.2 Å². The van der Waals surface area contributed by atoms with Gasteiger partial charge in [-0.1, -0.05) is 12.8 Å². The van der Waals surface area contributed by atoms with E-state index in [9.17, 15) is 9.59 Å². The summed E-state index contributed by atoms with van der Waals surface area (Å²) in [6.45, 7) is 2.31. The van der Waals surface area contributed by atoms with E-state index in [4.69, 9.17) is 5.73 Å². The average molecular weight is 373 g/mol. The van der Waals surface area contributed by atoms with Gasteiger partial charge >= 0.3 is 0 Å². The van der Waals surface area contributed by atoms with Crippen molar-refractivity contribution in [2.24, 2.45) is 5.73 Å². The highest BCUT2D eigenvalue weighted by atomic mass is 16.1. The highest BCUT2D eigenvalue weighted by Crippen LogP contribution is 2.23. The van der Waals surface area contributed by atoms with Gasteiger partial charge in [0.2, 0.25) is 5.56 Å². The first-order chi connectivity index (χ1) is 13.0. The maximum Gasteiger partial charge on any atom is 0.251 e. The summed E-state index contributed by atoms with van der Waals surface area (Å²) in [6.07, 6.45) is 5.94. The lowest BCUT2D eigenvalue weighted by atomic mass is 9.95. The lowest BCUT2D eigenvalue weighted by Gasteiger charge is -2.14. The molecule has 0 aliphatic rings. The van der Waals surface area contributed by atoms with Crippen LogP contribution in [0.1, 0.15) is 48.0 Å². The number of aromatic nitrogens is 1. The van der Waals surface area contributed by atoms with Gasteiger partial charge in [-0.05, 0) is 76.6 Å². The fraction of sp³-hybridized carbons (Fsp3) is 0.524. The number of aryl methyl sites for hydroxylation is 1. The third-order valence-corrected chi connectivity index (χ3v) is 4.71. The predicted molar refractivity (Wildman–Crippen MR) is 111 cm³/mol. The number of nitrogens with zero attached hydrogens (tertiary/aromatic N) is 1. The number of aromatic amines is 1. The van der Waals surface area contributed by atoms with Gasteiger partial charge in [-0.2, -0.15) is 0 Å². The Morgan fingerprint density at radius 2 is 1.85 bits per heavy atom. The second-order valence-electron chi connectivity index (χ2n) is 7.24. The van der Waals surface area contributed by atoms with E-state index < -0.39 is 0 Å². The van der Waals surface area contributed by atoms with E-state index in [1.165, 1.54) is 6.07 Å². The summed E-state index contributed by atoms with van der Waals surface area (Å²) < 4.78 is 0. The molecule has 6 nitrogen and oxygen atoms in total. The molecule has 2 rings (SSSR count). The summed E-state index contributed by atoms with van der Waals surface area (Å²) in [7, 11) is 4.05. The number of carbonyl (C=O) groups is 1. The molecule has 27 heavy (non-hydrogen) atoms. The normalized spacial score (nSPS) is 11.3. The first kappa shape index (κ1) is 21.1. The molecule has 0 unspecified atom stereocenters. The maximum atomic E-state index is 12.7. The van der Waals surface area contributed by atoms with Crippen molar-refractivity contribution < 1.29 is 4.79 Å². The third kappa shape index (κ3) is 6.48. The molecule has 0 saturated heterocycles. The number of benzene rings is 1. The molecule has 148 valence electrons. The van der Waals surface area contributed by atoms with Crippen LogP contribution >= 0.6 is 0 Å². The quantitative estimate of drug-likeness (QED) is 0.528. The first-order valence-electron chi connectivity index (χ1n) is 9.81.